The van der Waals surface area contributed by atoms with E-state index in [9.17, 15) is 13.0 Å². The Bertz CT molecular complexity index is 130. The Kier molecular flexibility index (Phi) is 6.87. The molecule has 0 aliphatic carbocycles. The average molecular weight is 147 g/mol. The van der Waals surface area contributed by atoms with Crippen molar-refractivity contribution >= 4 is 10.3 Å². The molecule has 8 heavy (non-hydrogen) atoms. The second-order valence-electron chi connectivity index (χ2n) is 0.952. The molecule has 0 saturated carbocycles. The smallest absolute Gasteiger partial charge is 0.735 e. The Morgan fingerprint density at radius 3 is 2.00 bits per heavy atom. The second-order valence-corrected chi connectivity index (χ2v) is 2.15. The molecule has 0 aromatic heterocycles. The molecule has 0 bridgehead atoms. The Morgan fingerprint density at radius 2 is 2.00 bits per heavy atom. The van der Waals surface area contributed by atoms with Gasteiger partial charge in [0.15, 0.2) is 10.3 Å². The molecule has 0 amide bonds. The van der Waals surface area contributed by atoms with Crippen LogP contribution in [0, 0.1) is 0 Å². The summed E-state index contributed by atoms with van der Waals surface area (Å²) in [5.41, 5.74) is 0. The topological polar surface area (TPSA) is 69.2 Å². The van der Waals surface area contributed by atoms with Crippen molar-refractivity contribution in [3.63, 3.8) is 0 Å². The van der Waals surface area contributed by atoms with E-state index in [2.05, 4.69) is 0 Å². The summed E-state index contributed by atoms with van der Waals surface area (Å²) in [6.07, 6.45) is 0. The normalized spacial score (nSPS) is 10.2. The fourth-order valence-electron chi connectivity index (χ4n) is 0.177. The summed E-state index contributed by atoms with van der Waals surface area (Å²) in [7, 11) is -4.17. The van der Waals surface area contributed by atoms with Crippen molar-refractivity contribution in [3.8, 4) is 0 Å². The third-order valence-electron chi connectivity index (χ3n) is 0.321. The minimum Gasteiger partial charge on any atom is -0.735 e. The van der Waals surface area contributed by atoms with Crippen LogP contribution < -0.4 is 34.3 Å². The molecule has 0 aliphatic heterocycles. The molecule has 4 nitrogen and oxygen atoms in total. The Labute approximate surface area is 70.8 Å². The van der Waals surface area contributed by atoms with E-state index in [4.69, 9.17) is 0 Å². The quantitative estimate of drug-likeness (QED) is 0.320. The van der Waals surface area contributed by atoms with Gasteiger partial charge in [-0.15, -0.1) is 0 Å². The molecule has 0 aromatic rings. The molecular formula is C2H6NNaO3S. The first kappa shape index (κ1) is 11.6. The third-order valence-corrected chi connectivity index (χ3v) is 0.963. The minimum absolute atomic E-state index is 0. The summed E-state index contributed by atoms with van der Waals surface area (Å²) in [4.78, 5) is 0. The largest absolute Gasteiger partial charge is 1.00 e. The molecular weight excluding hydrogens is 141 g/mol. The van der Waals surface area contributed by atoms with Crippen LogP contribution in [0.3, 0.4) is 0 Å². The van der Waals surface area contributed by atoms with Crippen molar-refractivity contribution in [3.05, 3.63) is 0 Å². The fraction of sp³-hybridized carbons (Fsp3) is 1.00. The summed E-state index contributed by atoms with van der Waals surface area (Å²) < 4.78 is 30.4. The van der Waals surface area contributed by atoms with Gasteiger partial charge in [-0.3, -0.25) is 0 Å². The van der Waals surface area contributed by atoms with Crippen molar-refractivity contribution in [1.29, 1.82) is 0 Å². The monoisotopic (exact) mass is 147 g/mol. The Morgan fingerprint density at radius 1 is 1.62 bits per heavy atom. The molecule has 0 aliphatic rings. The summed E-state index contributed by atoms with van der Waals surface area (Å²) in [6, 6.07) is 0. The first-order chi connectivity index (χ1) is 3.06. The van der Waals surface area contributed by atoms with Crippen LogP contribution >= 0.6 is 0 Å². The van der Waals surface area contributed by atoms with E-state index in [0.29, 0.717) is 0 Å². The summed E-state index contributed by atoms with van der Waals surface area (Å²) in [5, 5.41) is 0. The predicted molar refractivity (Wildman–Crippen MR) is 23.4 cm³/mol. The van der Waals surface area contributed by atoms with Gasteiger partial charge in [0.1, 0.15) is 0 Å². The number of hydrogen-bond donors (Lipinski definition) is 1. The second kappa shape index (κ2) is 4.72. The third kappa shape index (κ3) is 9.98. The molecule has 0 saturated heterocycles. The standard InChI is InChI=1S/C2H7NO3S.Na/c1-2-3-7(4,5)6;/h3H,2H2,1H3,(H,4,5,6);/q;+1/p-1. The number of nitrogens with one attached hydrogen (secondary N) is 1. The maximum absolute atomic E-state index is 9.56. The van der Waals surface area contributed by atoms with E-state index in [1.807, 2.05) is 0 Å². The van der Waals surface area contributed by atoms with E-state index in [0.717, 1.165) is 0 Å². The van der Waals surface area contributed by atoms with Crippen LogP contribution in [0.25, 0.3) is 0 Å². The minimum atomic E-state index is -4.17. The van der Waals surface area contributed by atoms with Crippen LogP contribution in [0.15, 0.2) is 0 Å². The maximum Gasteiger partial charge on any atom is 1.00 e. The van der Waals surface area contributed by atoms with Crippen LogP contribution in [0.2, 0.25) is 0 Å². The van der Waals surface area contributed by atoms with Gasteiger partial charge in [0.2, 0.25) is 0 Å². The first-order valence-corrected chi connectivity index (χ1v) is 3.17. The van der Waals surface area contributed by atoms with Crippen LogP contribution in [0.1, 0.15) is 6.92 Å². The van der Waals surface area contributed by atoms with E-state index in [1.54, 1.807) is 4.72 Å². The summed E-state index contributed by atoms with van der Waals surface area (Å²) in [6.45, 7) is 1.70. The SMILES string of the molecule is CCNS(=O)(=O)[O-].[Na+]. The van der Waals surface area contributed by atoms with Crippen molar-refractivity contribution in [1.82, 2.24) is 4.72 Å². The zero-order chi connectivity index (χ0) is 5.91. The van der Waals surface area contributed by atoms with Crippen molar-refractivity contribution < 1.29 is 42.5 Å². The summed E-state index contributed by atoms with van der Waals surface area (Å²) >= 11 is 0. The molecule has 0 unspecified atom stereocenters. The molecule has 0 spiro atoms. The number of rotatable bonds is 2. The molecule has 6 heteroatoms. The van der Waals surface area contributed by atoms with Crippen LogP contribution in [0.4, 0.5) is 0 Å². The van der Waals surface area contributed by atoms with Gasteiger partial charge in [-0.05, 0) is 0 Å². The van der Waals surface area contributed by atoms with Gasteiger partial charge >= 0.3 is 29.6 Å². The van der Waals surface area contributed by atoms with Gasteiger partial charge in [-0.2, -0.15) is 0 Å². The zero-order valence-electron chi connectivity index (χ0n) is 4.84. The zero-order valence-corrected chi connectivity index (χ0v) is 7.66. The van der Waals surface area contributed by atoms with Gasteiger partial charge in [-0.25, -0.2) is 13.1 Å². The molecule has 44 valence electrons. The van der Waals surface area contributed by atoms with Crippen molar-refractivity contribution in [2.75, 3.05) is 6.54 Å². The van der Waals surface area contributed by atoms with Crippen molar-refractivity contribution in [2.24, 2.45) is 0 Å². The predicted octanol–water partition coefficient (Wildman–Crippen LogP) is -3.94. The van der Waals surface area contributed by atoms with Crippen LogP contribution in [-0.4, -0.2) is 19.5 Å². The van der Waals surface area contributed by atoms with E-state index < -0.39 is 10.3 Å². The van der Waals surface area contributed by atoms with Gasteiger partial charge in [-0.1, -0.05) is 6.92 Å². The van der Waals surface area contributed by atoms with Crippen molar-refractivity contribution in [2.45, 2.75) is 6.92 Å². The Balaban J connectivity index is 0. The molecule has 0 atom stereocenters. The summed E-state index contributed by atoms with van der Waals surface area (Å²) in [5.74, 6) is 0. The van der Waals surface area contributed by atoms with E-state index >= 15 is 0 Å². The first-order valence-electron chi connectivity index (χ1n) is 1.76. The molecule has 0 heterocycles. The fourth-order valence-corrected chi connectivity index (χ4v) is 0.530. The van der Waals surface area contributed by atoms with Gasteiger partial charge in [0, 0.05) is 6.54 Å². The van der Waals surface area contributed by atoms with Crippen LogP contribution in [0.5, 0.6) is 0 Å². The maximum atomic E-state index is 9.56. The molecule has 0 aromatic carbocycles. The van der Waals surface area contributed by atoms with Crippen LogP contribution in [-0.2, 0) is 10.3 Å². The van der Waals surface area contributed by atoms with Gasteiger partial charge in [0.05, 0.1) is 0 Å². The van der Waals surface area contributed by atoms with E-state index in [-0.39, 0.29) is 36.1 Å². The molecule has 1 N–H and O–H groups in total. The average Bonchev–Trinajstić information content (AvgIpc) is 1.30. The number of hydrogen-bond acceptors (Lipinski definition) is 3. The van der Waals surface area contributed by atoms with E-state index in [1.165, 1.54) is 6.92 Å². The van der Waals surface area contributed by atoms with Gasteiger partial charge < -0.3 is 4.55 Å². The molecule has 0 fully saturated rings. The Hall–Kier alpha value is 0.870. The molecule has 0 radical (unpaired) electrons. The van der Waals surface area contributed by atoms with Gasteiger partial charge in [0.25, 0.3) is 0 Å². The molecule has 0 rings (SSSR count).